The highest BCUT2D eigenvalue weighted by atomic mass is 16.5. The summed E-state index contributed by atoms with van der Waals surface area (Å²) in [5.74, 6) is -0.263. The minimum Gasteiger partial charge on any atom is -0.497 e. The molecule has 276 valence electrons. The number of ether oxygens (including phenoxy) is 1. The van der Waals surface area contributed by atoms with Crippen molar-refractivity contribution in [2.24, 2.45) is 19.1 Å². The molecule has 2 atom stereocenters. The number of methoxy groups -OCH3 is 1. The van der Waals surface area contributed by atoms with E-state index >= 15 is 0 Å². The topological polar surface area (TPSA) is 111 Å². The van der Waals surface area contributed by atoms with Crippen molar-refractivity contribution in [1.29, 1.82) is 0 Å². The van der Waals surface area contributed by atoms with Gasteiger partial charge in [0.05, 0.1) is 18.8 Å². The maximum atomic E-state index is 14.5. The molecule has 0 unspecified atom stereocenters. The molecule has 0 radical (unpaired) electrons. The fourth-order valence-electron chi connectivity index (χ4n) is 8.09. The fraction of sp³-hybridized carbons (Fsp3) is 0.200. The Balaban J connectivity index is 1.27. The lowest BCUT2D eigenvalue weighted by atomic mass is 9.79. The van der Waals surface area contributed by atoms with Crippen molar-refractivity contribution in [1.82, 2.24) is 18.6 Å². The normalized spacial score (nSPS) is 15.8. The molecule has 1 aliphatic rings. The number of aromatic nitrogens is 3. The molecule has 5 aromatic carbocycles. The van der Waals surface area contributed by atoms with Crippen molar-refractivity contribution in [3.8, 4) is 17.3 Å². The van der Waals surface area contributed by atoms with Crippen LogP contribution in [0.25, 0.3) is 27.5 Å². The van der Waals surface area contributed by atoms with Crippen LogP contribution in [0, 0.1) is 0 Å². The number of hydrogen-bond acceptors (Lipinski definition) is 6. The highest BCUT2D eigenvalue weighted by molar-refractivity contribution is 6.08. The molecular weight excluding hydrogens is 691 g/mol. The Morgan fingerprint density at radius 2 is 1.47 bits per heavy atom. The van der Waals surface area contributed by atoms with Crippen LogP contribution in [0.4, 0.5) is 0 Å². The van der Waals surface area contributed by atoms with E-state index in [2.05, 4.69) is 54.1 Å². The number of aliphatic imine (C=N–C) groups is 1. The summed E-state index contributed by atoms with van der Waals surface area (Å²) in [7, 11) is 5.02. The summed E-state index contributed by atoms with van der Waals surface area (Å²) < 4.78 is 9.52. The van der Waals surface area contributed by atoms with E-state index in [4.69, 9.17) is 9.73 Å². The van der Waals surface area contributed by atoms with E-state index in [-0.39, 0.29) is 29.6 Å². The maximum Gasteiger partial charge on any atom is 0.338 e. The third-order valence-corrected chi connectivity index (χ3v) is 11.0. The second-order valence-electron chi connectivity index (χ2n) is 14.0. The number of carbonyl (C=O) groups excluding carboxylic acids is 1. The zero-order chi connectivity index (χ0) is 38.4. The minimum atomic E-state index is -0.693. The van der Waals surface area contributed by atoms with Crippen LogP contribution in [0.2, 0.25) is 0 Å². The van der Waals surface area contributed by atoms with Crippen LogP contribution in [0.3, 0.4) is 0 Å². The van der Waals surface area contributed by atoms with Crippen LogP contribution < -0.4 is 16.0 Å². The van der Waals surface area contributed by atoms with E-state index in [1.165, 1.54) is 14.2 Å². The molecule has 0 bridgehead atoms. The third kappa shape index (κ3) is 6.09. The molecule has 10 heteroatoms. The van der Waals surface area contributed by atoms with Gasteiger partial charge in [-0.1, -0.05) is 72.8 Å². The van der Waals surface area contributed by atoms with Gasteiger partial charge in [0, 0.05) is 66.2 Å². The molecular formula is C45H41N5O5. The van der Waals surface area contributed by atoms with Gasteiger partial charge >= 0.3 is 5.69 Å². The zero-order valence-corrected chi connectivity index (χ0v) is 31.1. The second kappa shape index (κ2) is 14.3. The van der Waals surface area contributed by atoms with Gasteiger partial charge in [0.25, 0.3) is 11.5 Å². The molecule has 1 amide bonds. The number of para-hydroxylation sites is 1. The lowest BCUT2D eigenvalue weighted by Gasteiger charge is -2.42. The third-order valence-electron chi connectivity index (χ3n) is 11.0. The highest BCUT2D eigenvalue weighted by Crippen LogP contribution is 2.44. The van der Waals surface area contributed by atoms with E-state index in [0.717, 1.165) is 47.6 Å². The summed E-state index contributed by atoms with van der Waals surface area (Å²) in [6.45, 7) is 2.34. The van der Waals surface area contributed by atoms with Crippen molar-refractivity contribution < 1.29 is 14.6 Å². The standard InChI is InChI=1S/C45H41N5O5/c1-28(40-43(52)48(3)45(54)50(44(40)53)31-19-21-32(55-4)22-20-31)46-27-37-33-14-8-9-16-35(33)42(51)49(25-24-29-12-6-5-7-13-29)41(37)30-18-23-39-36(26-30)34-15-10-11-17-38(34)47(39)2/h5-23,26,37,41,52H,24-25,27H2,1-4H3/t37-,41+/m1/s1. The number of aromatic hydroxyl groups is 1. The quantitative estimate of drug-likeness (QED) is 0.162. The average molecular weight is 732 g/mol. The van der Waals surface area contributed by atoms with E-state index < -0.39 is 23.2 Å². The van der Waals surface area contributed by atoms with Gasteiger partial charge < -0.3 is 19.3 Å². The molecule has 3 heterocycles. The molecule has 1 aliphatic heterocycles. The number of carbonyl (C=O) groups is 1. The van der Waals surface area contributed by atoms with Gasteiger partial charge in [-0.25, -0.2) is 9.36 Å². The summed E-state index contributed by atoms with van der Waals surface area (Å²) in [6.07, 6.45) is 0.660. The fourth-order valence-corrected chi connectivity index (χ4v) is 8.09. The van der Waals surface area contributed by atoms with Crippen molar-refractivity contribution in [2.45, 2.75) is 25.3 Å². The predicted molar refractivity (Wildman–Crippen MR) is 216 cm³/mol. The molecule has 0 aliphatic carbocycles. The number of rotatable bonds is 9. The van der Waals surface area contributed by atoms with Gasteiger partial charge in [0.2, 0.25) is 5.88 Å². The van der Waals surface area contributed by atoms with Crippen LogP contribution in [-0.4, -0.2) is 55.5 Å². The van der Waals surface area contributed by atoms with Gasteiger partial charge in [0.15, 0.2) is 0 Å². The van der Waals surface area contributed by atoms with Crippen molar-refractivity contribution in [3.05, 3.63) is 170 Å². The molecule has 55 heavy (non-hydrogen) atoms. The van der Waals surface area contributed by atoms with Crippen LogP contribution in [0.1, 0.15) is 51.5 Å². The molecule has 1 N–H and O–H groups in total. The molecule has 0 spiro atoms. The average Bonchev–Trinajstić information content (AvgIpc) is 3.50. The van der Waals surface area contributed by atoms with Crippen molar-refractivity contribution in [3.63, 3.8) is 0 Å². The van der Waals surface area contributed by atoms with Crippen LogP contribution >= 0.6 is 0 Å². The predicted octanol–water partition coefficient (Wildman–Crippen LogP) is 6.93. The molecule has 8 rings (SSSR count). The number of fused-ring (bicyclic) bond motifs is 4. The maximum absolute atomic E-state index is 14.5. The van der Waals surface area contributed by atoms with Crippen LogP contribution in [0.5, 0.6) is 11.6 Å². The van der Waals surface area contributed by atoms with E-state index in [9.17, 15) is 19.5 Å². The molecule has 0 saturated carbocycles. The summed E-state index contributed by atoms with van der Waals surface area (Å²) in [5, 5.41) is 13.5. The second-order valence-corrected chi connectivity index (χ2v) is 14.0. The number of amides is 1. The van der Waals surface area contributed by atoms with Gasteiger partial charge in [-0.3, -0.25) is 19.1 Å². The number of hydrogen-bond donors (Lipinski definition) is 1. The highest BCUT2D eigenvalue weighted by Gasteiger charge is 2.40. The Morgan fingerprint density at radius 1 is 0.782 bits per heavy atom. The van der Waals surface area contributed by atoms with Gasteiger partial charge in [-0.15, -0.1) is 0 Å². The van der Waals surface area contributed by atoms with Gasteiger partial charge in [-0.05, 0) is 78.6 Å². The van der Waals surface area contributed by atoms with Gasteiger partial charge in [-0.2, -0.15) is 0 Å². The smallest absolute Gasteiger partial charge is 0.338 e. The van der Waals surface area contributed by atoms with E-state index in [0.29, 0.717) is 30.0 Å². The number of aryl methyl sites for hydroxylation is 1. The van der Waals surface area contributed by atoms with Crippen molar-refractivity contribution in [2.75, 3.05) is 20.2 Å². The number of nitrogens with zero attached hydrogens (tertiary/aromatic N) is 5. The van der Waals surface area contributed by atoms with E-state index in [1.54, 1.807) is 31.2 Å². The summed E-state index contributed by atoms with van der Waals surface area (Å²) in [5.41, 5.74) is 4.94. The summed E-state index contributed by atoms with van der Waals surface area (Å²) >= 11 is 0. The molecule has 10 nitrogen and oxygen atoms in total. The largest absolute Gasteiger partial charge is 0.497 e. The summed E-state index contributed by atoms with van der Waals surface area (Å²) in [6, 6.07) is 38.7. The Labute approximate surface area is 317 Å². The monoisotopic (exact) mass is 731 g/mol. The van der Waals surface area contributed by atoms with Gasteiger partial charge in [0.1, 0.15) is 11.3 Å². The summed E-state index contributed by atoms with van der Waals surface area (Å²) in [4.78, 5) is 48.9. The zero-order valence-electron chi connectivity index (χ0n) is 31.1. The lowest BCUT2D eigenvalue weighted by molar-refractivity contribution is 0.0614. The van der Waals surface area contributed by atoms with Crippen LogP contribution in [0.15, 0.2) is 136 Å². The Hall–Kier alpha value is -6.68. The molecule has 7 aromatic rings. The molecule has 0 fully saturated rings. The molecule has 2 aromatic heterocycles. The first-order valence-corrected chi connectivity index (χ1v) is 18.3. The first-order chi connectivity index (χ1) is 26.7. The van der Waals surface area contributed by atoms with E-state index in [1.807, 2.05) is 59.5 Å². The molecule has 0 saturated heterocycles. The van der Waals surface area contributed by atoms with Crippen LogP contribution in [-0.2, 0) is 20.5 Å². The SMILES string of the molecule is COc1ccc(-n2c(=O)c(C(C)=NC[C@@H]3c4ccccc4C(=O)N(CCc4ccccc4)[C@H]3c3ccc4c(c3)c3ccccc3n4C)c(O)n(C)c2=O)cc1. The Kier molecular flexibility index (Phi) is 9.18. The van der Waals surface area contributed by atoms with Crippen molar-refractivity contribution >= 4 is 33.4 Å². The lowest BCUT2D eigenvalue weighted by Crippen LogP contribution is -2.44. The first-order valence-electron chi connectivity index (χ1n) is 18.3. The Morgan fingerprint density at radius 3 is 2.24 bits per heavy atom. The number of benzene rings is 5. The minimum absolute atomic E-state index is 0.0513. The Bertz CT molecular complexity index is 2740. The first kappa shape index (κ1) is 35.4.